The number of alkyl halides is 3. The molecule has 1 atom stereocenters. The lowest BCUT2D eigenvalue weighted by Gasteiger charge is -2.04. The Bertz CT molecular complexity index is 178. The van der Waals surface area contributed by atoms with Gasteiger partial charge in [0.05, 0.1) is 6.07 Å². The molecular formula is C5H4F3NO. The summed E-state index contributed by atoms with van der Waals surface area (Å²) in [6, 6.07) is 1.20. The Morgan fingerprint density at radius 1 is 1.60 bits per heavy atom. The van der Waals surface area contributed by atoms with Crippen LogP contribution in [0.5, 0.6) is 0 Å². The van der Waals surface area contributed by atoms with E-state index in [1.54, 1.807) is 0 Å². The lowest BCUT2D eigenvalue weighted by molar-refractivity contribution is -0.173. The average Bonchev–Trinajstić information content (AvgIpc) is 1.83. The molecule has 0 N–H and O–H groups in total. The van der Waals surface area contributed by atoms with Crippen molar-refractivity contribution in [2.45, 2.75) is 13.1 Å². The molecule has 0 aliphatic heterocycles. The Kier molecular flexibility index (Phi) is 2.41. The minimum absolute atomic E-state index is 0.913. The zero-order chi connectivity index (χ0) is 8.36. The van der Waals surface area contributed by atoms with Gasteiger partial charge in [-0.2, -0.15) is 18.4 Å². The van der Waals surface area contributed by atoms with Crippen LogP contribution in [-0.4, -0.2) is 12.0 Å². The van der Waals surface area contributed by atoms with Gasteiger partial charge in [-0.25, -0.2) is 0 Å². The summed E-state index contributed by atoms with van der Waals surface area (Å²) in [5.41, 5.74) is 0. The molecule has 5 heteroatoms. The van der Waals surface area contributed by atoms with Gasteiger partial charge in [-0.1, -0.05) is 0 Å². The van der Waals surface area contributed by atoms with Crippen molar-refractivity contribution in [2.75, 3.05) is 0 Å². The molecule has 0 saturated heterocycles. The van der Waals surface area contributed by atoms with Crippen LogP contribution in [0.3, 0.4) is 0 Å². The first kappa shape index (κ1) is 8.95. The van der Waals surface area contributed by atoms with Crippen LogP contribution in [0, 0.1) is 17.2 Å². The van der Waals surface area contributed by atoms with Crippen molar-refractivity contribution >= 4 is 5.78 Å². The smallest absolute Gasteiger partial charge is 0.288 e. The molecule has 0 aliphatic carbocycles. The van der Waals surface area contributed by atoms with E-state index in [1.165, 1.54) is 6.07 Å². The second kappa shape index (κ2) is 2.69. The van der Waals surface area contributed by atoms with Gasteiger partial charge >= 0.3 is 6.18 Å². The first-order valence-electron chi connectivity index (χ1n) is 2.40. The maximum absolute atomic E-state index is 11.4. The largest absolute Gasteiger partial charge is 0.451 e. The van der Waals surface area contributed by atoms with Crippen molar-refractivity contribution in [1.29, 1.82) is 5.26 Å². The van der Waals surface area contributed by atoms with E-state index in [1.807, 2.05) is 0 Å². The second-order valence-corrected chi connectivity index (χ2v) is 1.71. The Hall–Kier alpha value is -1.05. The molecule has 0 saturated carbocycles. The molecule has 0 heterocycles. The number of hydrogen-bond acceptors (Lipinski definition) is 2. The SMILES string of the molecule is C[C@H](C#N)C(=O)C(F)(F)F. The highest BCUT2D eigenvalue weighted by atomic mass is 19.4. The van der Waals surface area contributed by atoms with Crippen molar-refractivity contribution in [3.8, 4) is 6.07 Å². The fraction of sp³-hybridized carbons (Fsp3) is 0.600. The van der Waals surface area contributed by atoms with E-state index in [-0.39, 0.29) is 0 Å². The number of carbonyl (C=O) groups excluding carboxylic acids is 1. The summed E-state index contributed by atoms with van der Waals surface area (Å²) in [6.45, 7) is 0.913. The molecule has 0 spiro atoms. The summed E-state index contributed by atoms with van der Waals surface area (Å²) in [4.78, 5) is 10.0. The molecule has 0 aromatic rings. The lowest BCUT2D eigenvalue weighted by atomic mass is 10.1. The Balaban J connectivity index is 4.27. The molecule has 0 radical (unpaired) electrons. The quantitative estimate of drug-likeness (QED) is 0.566. The van der Waals surface area contributed by atoms with Crippen LogP contribution in [0.15, 0.2) is 0 Å². The summed E-state index contributed by atoms with van der Waals surface area (Å²) in [6.07, 6.45) is -4.88. The molecule has 10 heavy (non-hydrogen) atoms. The molecule has 0 unspecified atom stereocenters. The molecule has 0 aromatic heterocycles. The summed E-state index contributed by atoms with van der Waals surface area (Å²) < 4.78 is 34.2. The number of rotatable bonds is 1. The third-order valence-corrected chi connectivity index (χ3v) is 0.866. The number of ketones is 1. The van der Waals surface area contributed by atoms with Crippen LogP contribution < -0.4 is 0 Å². The normalized spacial score (nSPS) is 13.9. The Morgan fingerprint density at radius 2 is 2.00 bits per heavy atom. The van der Waals surface area contributed by atoms with Gasteiger partial charge in [-0.3, -0.25) is 4.79 Å². The standard InChI is InChI=1S/C5H4F3NO/c1-3(2-9)4(10)5(6,7)8/h3H,1H3/t3-/m1/s1. The lowest BCUT2D eigenvalue weighted by Crippen LogP contribution is -2.27. The number of carbonyl (C=O) groups is 1. The zero-order valence-corrected chi connectivity index (χ0v) is 5.07. The summed E-state index contributed by atoms with van der Waals surface area (Å²) in [7, 11) is 0. The summed E-state index contributed by atoms with van der Waals surface area (Å²) in [5.74, 6) is -3.59. The monoisotopic (exact) mass is 151 g/mol. The van der Waals surface area contributed by atoms with Gasteiger partial charge in [-0.15, -0.1) is 0 Å². The van der Waals surface area contributed by atoms with E-state index in [4.69, 9.17) is 5.26 Å². The van der Waals surface area contributed by atoms with Crippen LogP contribution in [0.1, 0.15) is 6.92 Å². The first-order chi connectivity index (χ1) is 4.39. The molecule has 0 rings (SSSR count). The van der Waals surface area contributed by atoms with Crippen molar-refractivity contribution in [2.24, 2.45) is 5.92 Å². The summed E-state index contributed by atoms with van der Waals surface area (Å²) >= 11 is 0. The van der Waals surface area contributed by atoms with E-state index >= 15 is 0 Å². The topological polar surface area (TPSA) is 40.9 Å². The third-order valence-electron chi connectivity index (χ3n) is 0.866. The van der Waals surface area contributed by atoms with E-state index < -0.39 is 17.9 Å². The Morgan fingerprint density at radius 3 is 2.10 bits per heavy atom. The van der Waals surface area contributed by atoms with Crippen LogP contribution in [0.2, 0.25) is 0 Å². The number of halogens is 3. The second-order valence-electron chi connectivity index (χ2n) is 1.71. The first-order valence-corrected chi connectivity index (χ1v) is 2.40. The fourth-order valence-electron chi connectivity index (χ4n) is 0.304. The maximum Gasteiger partial charge on any atom is 0.451 e. The zero-order valence-electron chi connectivity index (χ0n) is 5.07. The highest BCUT2D eigenvalue weighted by Crippen LogP contribution is 2.19. The van der Waals surface area contributed by atoms with Crippen LogP contribution in [0.4, 0.5) is 13.2 Å². The van der Waals surface area contributed by atoms with E-state index in [0.717, 1.165) is 6.92 Å². The van der Waals surface area contributed by atoms with Crippen molar-refractivity contribution in [1.82, 2.24) is 0 Å². The molecular weight excluding hydrogens is 147 g/mol. The molecule has 0 fully saturated rings. The number of Topliss-reactive ketones (excluding diaryl/α,β-unsaturated/α-hetero) is 1. The van der Waals surface area contributed by atoms with Gasteiger partial charge < -0.3 is 0 Å². The maximum atomic E-state index is 11.4. The van der Waals surface area contributed by atoms with Crippen molar-refractivity contribution < 1.29 is 18.0 Å². The van der Waals surface area contributed by atoms with Gasteiger partial charge in [0.2, 0.25) is 0 Å². The fourth-order valence-corrected chi connectivity index (χ4v) is 0.304. The molecule has 0 aliphatic rings. The minimum atomic E-state index is -4.88. The van der Waals surface area contributed by atoms with Crippen LogP contribution in [-0.2, 0) is 4.79 Å². The van der Waals surface area contributed by atoms with Crippen molar-refractivity contribution in [3.63, 3.8) is 0 Å². The molecule has 56 valence electrons. The van der Waals surface area contributed by atoms with E-state index in [0.29, 0.717) is 0 Å². The third kappa shape index (κ3) is 2.05. The van der Waals surface area contributed by atoms with Gasteiger partial charge in [0, 0.05) is 0 Å². The summed E-state index contributed by atoms with van der Waals surface area (Å²) in [5, 5.41) is 7.90. The molecule has 2 nitrogen and oxygen atoms in total. The minimum Gasteiger partial charge on any atom is -0.288 e. The number of nitriles is 1. The van der Waals surface area contributed by atoms with Crippen LogP contribution in [0.25, 0.3) is 0 Å². The predicted molar refractivity (Wildman–Crippen MR) is 25.8 cm³/mol. The number of nitrogens with zero attached hydrogens (tertiary/aromatic N) is 1. The van der Waals surface area contributed by atoms with Crippen molar-refractivity contribution in [3.05, 3.63) is 0 Å². The van der Waals surface area contributed by atoms with Gasteiger partial charge in [-0.05, 0) is 6.92 Å². The van der Waals surface area contributed by atoms with Gasteiger partial charge in [0.15, 0.2) is 0 Å². The van der Waals surface area contributed by atoms with Gasteiger partial charge in [0.1, 0.15) is 5.92 Å². The van der Waals surface area contributed by atoms with Crippen LogP contribution >= 0.6 is 0 Å². The van der Waals surface area contributed by atoms with E-state index in [2.05, 4.69) is 0 Å². The van der Waals surface area contributed by atoms with Gasteiger partial charge in [0.25, 0.3) is 5.78 Å². The number of hydrogen-bond donors (Lipinski definition) is 0. The highest BCUT2D eigenvalue weighted by molar-refractivity contribution is 5.87. The average molecular weight is 151 g/mol. The highest BCUT2D eigenvalue weighted by Gasteiger charge is 2.41. The molecule has 0 bridgehead atoms. The van der Waals surface area contributed by atoms with E-state index in [9.17, 15) is 18.0 Å². The Labute approximate surface area is 55.2 Å². The predicted octanol–water partition coefficient (Wildman–Crippen LogP) is 1.28. The molecule has 0 amide bonds. The molecule has 0 aromatic carbocycles.